The number of sulfonamides is 1. The van der Waals surface area contributed by atoms with Crippen molar-refractivity contribution in [3.63, 3.8) is 0 Å². The van der Waals surface area contributed by atoms with E-state index in [4.69, 9.17) is 14.6 Å². The van der Waals surface area contributed by atoms with Crippen molar-refractivity contribution >= 4 is 26.0 Å². The molecule has 1 aromatic rings. The molecule has 108 valence electrons. The van der Waals surface area contributed by atoms with E-state index in [0.29, 0.717) is 24.6 Å². The molecule has 0 saturated heterocycles. The van der Waals surface area contributed by atoms with Crippen LogP contribution in [0, 0.1) is 0 Å². The number of primary sulfonamides is 1. The zero-order valence-corrected chi connectivity index (χ0v) is 13.2. The Labute approximate surface area is 121 Å². The van der Waals surface area contributed by atoms with Gasteiger partial charge in [-0.3, -0.25) is 0 Å². The fraction of sp³-hybridized carbons (Fsp3) is 0.455. The second kappa shape index (κ2) is 7.09. The predicted molar refractivity (Wildman–Crippen MR) is 76.9 cm³/mol. The molecule has 0 radical (unpaired) electrons. The lowest BCUT2D eigenvalue weighted by Gasteiger charge is -2.12. The lowest BCUT2D eigenvalue weighted by Crippen LogP contribution is -2.26. The summed E-state index contributed by atoms with van der Waals surface area (Å²) in [6, 6.07) is 3.71. The Bertz CT molecular complexity index is 534. The summed E-state index contributed by atoms with van der Waals surface area (Å²) in [5, 5.41) is 7.91. The topological polar surface area (TPSA) is 90.6 Å². The van der Waals surface area contributed by atoms with E-state index >= 15 is 0 Å². The number of nitrogens with two attached hydrogens (primary N) is 1. The number of hydrogen-bond acceptors (Lipinski definition) is 5. The van der Waals surface area contributed by atoms with Crippen LogP contribution < -0.4 is 19.9 Å². The fourth-order valence-electron chi connectivity index (χ4n) is 1.52. The largest absolute Gasteiger partial charge is 0.493 e. The molecule has 0 unspecified atom stereocenters. The van der Waals surface area contributed by atoms with E-state index in [0.717, 1.165) is 10.0 Å². The van der Waals surface area contributed by atoms with E-state index in [2.05, 4.69) is 21.2 Å². The van der Waals surface area contributed by atoms with Crippen molar-refractivity contribution in [3.8, 4) is 11.5 Å². The smallest absolute Gasteiger partial charge is 0.210 e. The lowest BCUT2D eigenvalue weighted by atomic mass is 10.2. The Hall–Kier alpha value is -0.830. The minimum Gasteiger partial charge on any atom is -0.493 e. The maximum atomic E-state index is 10.8. The summed E-state index contributed by atoms with van der Waals surface area (Å²) in [5.41, 5.74) is 0.943. The highest BCUT2D eigenvalue weighted by atomic mass is 79.9. The average molecular weight is 353 g/mol. The van der Waals surface area contributed by atoms with E-state index in [9.17, 15) is 8.42 Å². The van der Waals surface area contributed by atoms with Gasteiger partial charge in [0.25, 0.3) is 0 Å². The minimum atomic E-state index is -3.43. The summed E-state index contributed by atoms with van der Waals surface area (Å²) < 4.78 is 32.7. The van der Waals surface area contributed by atoms with Gasteiger partial charge < -0.3 is 14.8 Å². The fourth-order valence-corrected chi connectivity index (χ4v) is 2.60. The van der Waals surface area contributed by atoms with Crippen molar-refractivity contribution in [1.29, 1.82) is 0 Å². The number of methoxy groups -OCH3 is 2. The Morgan fingerprint density at radius 3 is 2.53 bits per heavy atom. The Morgan fingerprint density at radius 1 is 1.32 bits per heavy atom. The number of benzene rings is 1. The highest BCUT2D eigenvalue weighted by Gasteiger charge is 2.10. The van der Waals surface area contributed by atoms with E-state index in [1.54, 1.807) is 14.2 Å². The molecule has 8 heteroatoms. The van der Waals surface area contributed by atoms with Crippen LogP contribution in [0.2, 0.25) is 0 Å². The maximum absolute atomic E-state index is 10.8. The first-order valence-electron chi connectivity index (χ1n) is 5.49. The molecule has 3 N–H and O–H groups in total. The molecule has 0 spiro atoms. The molecule has 1 aromatic carbocycles. The van der Waals surface area contributed by atoms with Crippen LogP contribution >= 0.6 is 15.9 Å². The quantitative estimate of drug-likeness (QED) is 0.709. The molecule has 0 saturated carbocycles. The summed E-state index contributed by atoms with van der Waals surface area (Å²) in [7, 11) is -0.306. The van der Waals surface area contributed by atoms with E-state index in [-0.39, 0.29) is 5.75 Å². The van der Waals surface area contributed by atoms with Crippen molar-refractivity contribution in [3.05, 3.63) is 22.2 Å². The van der Waals surface area contributed by atoms with Crippen molar-refractivity contribution < 1.29 is 17.9 Å². The van der Waals surface area contributed by atoms with Crippen LogP contribution in [-0.2, 0) is 16.6 Å². The first-order chi connectivity index (χ1) is 8.87. The third-order valence-electron chi connectivity index (χ3n) is 2.39. The minimum absolute atomic E-state index is 0.0958. The summed E-state index contributed by atoms with van der Waals surface area (Å²) in [6.45, 7) is 0.805. The average Bonchev–Trinajstić information content (AvgIpc) is 2.32. The number of nitrogens with one attached hydrogen (secondary N) is 1. The predicted octanol–water partition coefficient (Wildman–Crippen LogP) is 0.844. The van der Waals surface area contributed by atoms with Gasteiger partial charge in [0.2, 0.25) is 10.0 Å². The van der Waals surface area contributed by atoms with Gasteiger partial charge in [-0.1, -0.05) is 0 Å². The van der Waals surface area contributed by atoms with Crippen molar-refractivity contribution in [2.45, 2.75) is 6.54 Å². The van der Waals surface area contributed by atoms with Gasteiger partial charge in [-0.25, -0.2) is 13.6 Å². The standard InChI is InChI=1S/C11H17BrN2O4S/c1-17-10-6-8(5-9(12)11(10)18-2)7-14-3-4-19(13,15)16/h5-6,14H,3-4,7H2,1-2H3,(H2,13,15,16). The van der Waals surface area contributed by atoms with Gasteiger partial charge in [0.05, 0.1) is 24.4 Å². The van der Waals surface area contributed by atoms with Crippen LogP contribution in [0.15, 0.2) is 16.6 Å². The third-order valence-corrected chi connectivity index (χ3v) is 3.75. The van der Waals surface area contributed by atoms with Crippen LogP contribution in [0.5, 0.6) is 11.5 Å². The van der Waals surface area contributed by atoms with E-state index in [1.807, 2.05) is 12.1 Å². The SMILES string of the molecule is COc1cc(CNCCS(N)(=O)=O)cc(Br)c1OC. The molecule has 0 aromatic heterocycles. The van der Waals surface area contributed by atoms with E-state index in [1.165, 1.54) is 0 Å². The van der Waals surface area contributed by atoms with Gasteiger partial charge in [0, 0.05) is 13.1 Å². The first-order valence-corrected chi connectivity index (χ1v) is 8.00. The van der Waals surface area contributed by atoms with Crippen LogP contribution in [0.1, 0.15) is 5.56 Å². The van der Waals surface area contributed by atoms with Crippen LogP contribution in [0.25, 0.3) is 0 Å². The molecular formula is C11H17BrN2O4S. The van der Waals surface area contributed by atoms with E-state index < -0.39 is 10.0 Å². The molecule has 0 fully saturated rings. The second-order valence-electron chi connectivity index (χ2n) is 3.86. The molecule has 0 bridgehead atoms. The van der Waals surface area contributed by atoms with Gasteiger partial charge >= 0.3 is 0 Å². The monoisotopic (exact) mass is 352 g/mol. The molecule has 0 atom stereocenters. The van der Waals surface area contributed by atoms with Gasteiger partial charge in [-0.05, 0) is 33.6 Å². The molecule has 0 heterocycles. The van der Waals surface area contributed by atoms with Crippen LogP contribution in [0.3, 0.4) is 0 Å². The first kappa shape index (κ1) is 16.2. The lowest BCUT2D eigenvalue weighted by molar-refractivity contribution is 0.352. The Balaban J connectivity index is 2.67. The maximum Gasteiger partial charge on any atom is 0.210 e. The molecule has 1 rings (SSSR count). The van der Waals surface area contributed by atoms with Crippen molar-refractivity contribution in [1.82, 2.24) is 5.32 Å². The molecule has 6 nitrogen and oxygen atoms in total. The van der Waals surface area contributed by atoms with Crippen molar-refractivity contribution in [2.75, 3.05) is 26.5 Å². The van der Waals surface area contributed by atoms with Crippen LogP contribution in [-0.4, -0.2) is 34.9 Å². The van der Waals surface area contributed by atoms with Gasteiger partial charge in [0.15, 0.2) is 11.5 Å². The number of rotatable bonds is 7. The molecule has 0 amide bonds. The van der Waals surface area contributed by atoms with Gasteiger partial charge in [-0.15, -0.1) is 0 Å². The Kier molecular flexibility index (Phi) is 6.05. The molecule has 0 aliphatic rings. The summed E-state index contributed by atoms with van der Waals surface area (Å²) in [5.74, 6) is 1.14. The zero-order valence-electron chi connectivity index (χ0n) is 10.8. The van der Waals surface area contributed by atoms with Crippen molar-refractivity contribution in [2.24, 2.45) is 5.14 Å². The normalized spacial score (nSPS) is 11.4. The summed E-state index contributed by atoms with van der Waals surface area (Å²) >= 11 is 3.39. The van der Waals surface area contributed by atoms with Gasteiger partial charge in [0.1, 0.15) is 0 Å². The highest BCUT2D eigenvalue weighted by molar-refractivity contribution is 9.10. The molecule has 19 heavy (non-hydrogen) atoms. The van der Waals surface area contributed by atoms with Gasteiger partial charge in [-0.2, -0.15) is 0 Å². The summed E-state index contributed by atoms with van der Waals surface area (Å²) in [6.07, 6.45) is 0. The zero-order chi connectivity index (χ0) is 14.5. The molecular weight excluding hydrogens is 336 g/mol. The molecule has 0 aliphatic heterocycles. The number of hydrogen-bond donors (Lipinski definition) is 2. The Morgan fingerprint density at radius 2 is 2.00 bits per heavy atom. The number of halogens is 1. The number of ether oxygens (including phenoxy) is 2. The van der Waals surface area contributed by atoms with Crippen LogP contribution in [0.4, 0.5) is 0 Å². The molecule has 0 aliphatic carbocycles. The summed E-state index contributed by atoms with van der Waals surface area (Å²) in [4.78, 5) is 0. The second-order valence-corrected chi connectivity index (χ2v) is 6.45. The highest BCUT2D eigenvalue weighted by Crippen LogP contribution is 2.36. The third kappa shape index (κ3) is 5.35.